The average Bonchev–Trinajstić information content (AvgIpc) is 3.13. The van der Waals surface area contributed by atoms with E-state index in [4.69, 9.17) is 20.9 Å². The highest BCUT2D eigenvalue weighted by Gasteiger charge is 2.30. The van der Waals surface area contributed by atoms with Gasteiger partial charge < -0.3 is 9.26 Å². The molecule has 0 fully saturated rings. The molecule has 0 atom stereocenters. The number of nitrogens with zero attached hydrogens (tertiary/aromatic N) is 3. The summed E-state index contributed by atoms with van der Waals surface area (Å²) in [5.74, 6) is 0.570. The number of nitrogens with one attached hydrogen (secondary N) is 1. The summed E-state index contributed by atoms with van der Waals surface area (Å²) in [6.07, 6.45) is 0. The van der Waals surface area contributed by atoms with Crippen molar-refractivity contribution in [2.45, 2.75) is 31.8 Å². The zero-order valence-electron chi connectivity index (χ0n) is 16.8. The Morgan fingerprint density at radius 2 is 2.03 bits per heavy atom. The Kier molecular flexibility index (Phi) is 5.69. The lowest BCUT2D eigenvalue weighted by Crippen LogP contribution is -2.38. The van der Waals surface area contributed by atoms with Gasteiger partial charge in [-0.15, -0.1) is 0 Å². The van der Waals surface area contributed by atoms with Crippen LogP contribution in [0.3, 0.4) is 0 Å². The van der Waals surface area contributed by atoms with Crippen LogP contribution in [0.5, 0.6) is 5.75 Å². The highest BCUT2D eigenvalue weighted by molar-refractivity contribution is 7.89. The van der Waals surface area contributed by atoms with Crippen molar-refractivity contribution in [2.24, 2.45) is 0 Å². The number of sulfonamides is 1. The average molecular weight is 463 g/mol. The zero-order chi connectivity index (χ0) is 22.2. The Balaban J connectivity index is 1.61. The number of anilines is 1. The predicted molar refractivity (Wildman–Crippen MR) is 112 cm³/mol. The van der Waals surface area contributed by atoms with Crippen LogP contribution in [0.15, 0.2) is 45.8 Å². The van der Waals surface area contributed by atoms with Gasteiger partial charge in [-0.1, -0.05) is 46.6 Å². The fourth-order valence-corrected chi connectivity index (χ4v) is 4.76. The number of aromatic nitrogens is 2. The van der Waals surface area contributed by atoms with Gasteiger partial charge in [0.1, 0.15) is 10.6 Å². The highest BCUT2D eigenvalue weighted by atomic mass is 35.5. The van der Waals surface area contributed by atoms with Crippen molar-refractivity contribution in [3.63, 3.8) is 0 Å². The first-order valence-electron chi connectivity index (χ1n) is 9.34. The Labute approximate surface area is 184 Å². The van der Waals surface area contributed by atoms with Gasteiger partial charge in [-0.2, -0.15) is 4.98 Å². The molecule has 162 valence electrons. The molecule has 2 aromatic carbocycles. The van der Waals surface area contributed by atoms with Crippen LogP contribution in [0, 0.1) is 13.8 Å². The second-order valence-corrected chi connectivity index (χ2v) is 9.20. The molecule has 1 amide bonds. The predicted octanol–water partition coefficient (Wildman–Crippen LogP) is 2.74. The first kappa shape index (κ1) is 21.3. The maximum Gasteiger partial charge on any atom is 0.265 e. The Morgan fingerprint density at radius 3 is 2.74 bits per heavy atom. The molecular weight excluding hydrogens is 444 g/mol. The number of benzene rings is 2. The summed E-state index contributed by atoms with van der Waals surface area (Å²) < 4.78 is 38.7. The lowest BCUT2D eigenvalue weighted by Gasteiger charge is -2.29. The summed E-state index contributed by atoms with van der Waals surface area (Å²) in [7, 11) is -3.93. The second-order valence-electron chi connectivity index (χ2n) is 7.06. The van der Waals surface area contributed by atoms with Crippen molar-refractivity contribution in [3.8, 4) is 5.75 Å². The molecule has 0 spiro atoms. The Bertz CT molecular complexity index is 1260. The van der Waals surface area contributed by atoms with Crippen molar-refractivity contribution in [1.82, 2.24) is 14.9 Å². The topological polar surface area (TPSA) is 115 Å². The van der Waals surface area contributed by atoms with E-state index in [0.717, 1.165) is 11.1 Å². The maximum absolute atomic E-state index is 12.9. The van der Waals surface area contributed by atoms with Crippen LogP contribution in [0.2, 0.25) is 5.02 Å². The molecule has 3 aromatic rings. The monoisotopic (exact) mass is 462 g/mol. The molecule has 1 aromatic heterocycles. The van der Waals surface area contributed by atoms with Gasteiger partial charge in [0.25, 0.3) is 5.91 Å². The second kappa shape index (κ2) is 8.29. The standard InChI is InChI=1S/C20H19ClN4O5S/c1-12-4-3-5-14(6-12)9-22-31(27,28)18-8-17-16(7-15(18)21)25(20(26)11-29-17)10-19-23-13(2)30-24-19/h3-8,22H,9-11H2,1-2H3. The third-order valence-electron chi connectivity index (χ3n) is 4.66. The third kappa shape index (κ3) is 4.55. The summed E-state index contributed by atoms with van der Waals surface area (Å²) in [4.78, 5) is 17.7. The van der Waals surface area contributed by atoms with E-state index in [1.165, 1.54) is 17.0 Å². The van der Waals surface area contributed by atoms with Gasteiger partial charge in [0.05, 0.1) is 17.3 Å². The molecule has 0 saturated heterocycles. The molecule has 2 heterocycles. The number of aryl methyl sites for hydroxylation is 2. The van der Waals surface area contributed by atoms with Crippen molar-refractivity contribution >= 4 is 33.2 Å². The van der Waals surface area contributed by atoms with Crippen molar-refractivity contribution in [1.29, 1.82) is 0 Å². The molecule has 0 aliphatic carbocycles. The number of carbonyl (C=O) groups is 1. The van der Waals surface area contributed by atoms with E-state index in [1.807, 2.05) is 31.2 Å². The summed E-state index contributed by atoms with van der Waals surface area (Å²) in [6.45, 7) is 3.48. The molecule has 4 rings (SSSR count). The third-order valence-corrected chi connectivity index (χ3v) is 6.53. The lowest BCUT2D eigenvalue weighted by atomic mass is 10.1. The summed E-state index contributed by atoms with van der Waals surface area (Å²) in [5.41, 5.74) is 2.18. The number of rotatable bonds is 6. The number of hydrogen-bond donors (Lipinski definition) is 1. The van der Waals surface area contributed by atoms with Gasteiger partial charge >= 0.3 is 0 Å². The van der Waals surface area contributed by atoms with E-state index in [9.17, 15) is 13.2 Å². The maximum atomic E-state index is 12.9. The van der Waals surface area contributed by atoms with E-state index in [1.54, 1.807) is 6.92 Å². The Morgan fingerprint density at radius 1 is 1.23 bits per heavy atom. The van der Waals surface area contributed by atoms with Crippen LogP contribution in [0.4, 0.5) is 5.69 Å². The van der Waals surface area contributed by atoms with Gasteiger partial charge in [0.15, 0.2) is 12.4 Å². The van der Waals surface area contributed by atoms with Gasteiger partial charge in [0.2, 0.25) is 15.9 Å². The molecule has 1 aliphatic heterocycles. The molecule has 1 N–H and O–H groups in total. The molecule has 0 unspecified atom stereocenters. The SMILES string of the molecule is Cc1cccc(CNS(=O)(=O)c2cc3c(cc2Cl)N(Cc2noc(C)n2)C(=O)CO3)c1. The molecule has 1 aliphatic rings. The molecule has 0 radical (unpaired) electrons. The van der Waals surface area contributed by atoms with Gasteiger partial charge in [-0.25, -0.2) is 13.1 Å². The smallest absolute Gasteiger partial charge is 0.265 e. The molecule has 9 nitrogen and oxygen atoms in total. The number of carbonyl (C=O) groups excluding carboxylic acids is 1. The summed E-state index contributed by atoms with van der Waals surface area (Å²) >= 11 is 6.31. The van der Waals surface area contributed by atoms with Crippen molar-refractivity contribution in [2.75, 3.05) is 11.5 Å². The number of halogens is 1. The lowest BCUT2D eigenvalue weighted by molar-refractivity contribution is -0.121. The van der Waals surface area contributed by atoms with Crippen LogP contribution < -0.4 is 14.4 Å². The van der Waals surface area contributed by atoms with Crippen LogP contribution >= 0.6 is 11.6 Å². The molecule has 0 bridgehead atoms. The fraction of sp³-hybridized carbons (Fsp3) is 0.250. The largest absolute Gasteiger partial charge is 0.482 e. The molecule has 11 heteroatoms. The number of hydrogen-bond acceptors (Lipinski definition) is 7. The first-order chi connectivity index (χ1) is 14.7. The van der Waals surface area contributed by atoms with E-state index in [2.05, 4.69) is 14.9 Å². The summed E-state index contributed by atoms with van der Waals surface area (Å²) in [5, 5.41) is 3.76. The minimum absolute atomic E-state index is 0.0388. The van der Waals surface area contributed by atoms with E-state index < -0.39 is 10.0 Å². The van der Waals surface area contributed by atoms with Crippen LogP contribution in [-0.2, 0) is 27.9 Å². The molecule has 31 heavy (non-hydrogen) atoms. The number of fused-ring (bicyclic) bond motifs is 1. The van der Waals surface area contributed by atoms with Crippen molar-refractivity contribution < 1.29 is 22.5 Å². The van der Waals surface area contributed by atoms with Gasteiger partial charge in [-0.05, 0) is 18.6 Å². The minimum atomic E-state index is -3.93. The van der Waals surface area contributed by atoms with E-state index >= 15 is 0 Å². The fourth-order valence-electron chi connectivity index (χ4n) is 3.21. The highest BCUT2D eigenvalue weighted by Crippen LogP contribution is 2.39. The molecular formula is C20H19ClN4O5S. The summed E-state index contributed by atoms with van der Waals surface area (Å²) in [6, 6.07) is 10.2. The normalized spacial score (nSPS) is 13.8. The Hall–Kier alpha value is -2.95. The van der Waals surface area contributed by atoms with E-state index in [0.29, 0.717) is 17.4 Å². The van der Waals surface area contributed by atoms with Gasteiger partial charge in [0, 0.05) is 19.5 Å². The van der Waals surface area contributed by atoms with Crippen molar-refractivity contribution in [3.05, 3.63) is 64.3 Å². The number of ether oxygens (including phenoxy) is 1. The quantitative estimate of drug-likeness (QED) is 0.598. The van der Waals surface area contributed by atoms with E-state index in [-0.39, 0.29) is 41.3 Å². The minimum Gasteiger partial charge on any atom is -0.482 e. The first-order valence-corrected chi connectivity index (χ1v) is 11.2. The van der Waals surface area contributed by atoms with Crippen LogP contribution in [0.25, 0.3) is 0 Å². The zero-order valence-corrected chi connectivity index (χ0v) is 18.3. The van der Waals surface area contributed by atoms with Crippen LogP contribution in [-0.4, -0.2) is 31.1 Å². The molecule has 0 saturated carbocycles. The number of amides is 1. The van der Waals surface area contributed by atoms with Crippen LogP contribution in [0.1, 0.15) is 22.8 Å². The van der Waals surface area contributed by atoms with Gasteiger partial charge in [-0.3, -0.25) is 9.69 Å².